The van der Waals surface area contributed by atoms with Gasteiger partial charge in [-0.3, -0.25) is 9.59 Å². The molecule has 0 bridgehead atoms. The molecule has 6 heteroatoms. The molecule has 2 amide bonds. The first-order valence-corrected chi connectivity index (χ1v) is 7.41. The minimum absolute atomic E-state index is 0.0386. The Morgan fingerprint density at radius 1 is 1.25 bits per heavy atom. The van der Waals surface area contributed by atoms with Gasteiger partial charge < -0.3 is 20.5 Å². The van der Waals surface area contributed by atoms with Crippen LogP contribution in [0.15, 0.2) is 0 Å². The summed E-state index contributed by atoms with van der Waals surface area (Å²) < 4.78 is 5.79. The van der Waals surface area contributed by atoms with E-state index in [9.17, 15) is 14.7 Å². The first-order chi connectivity index (χ1) is 9.60. The number of amides is 2. The minimum atomic E-state index is -0.350. The van der Waals surface area contributed by atoms with Crippen molar-refractivity contribution >= 4 is 11.8 Å². The number of carbonyl (C=O) groups excluding carboxylic acids is 2. The molecule has 0 aromatic carbocycles. The van der Waals surface area contributed by atoms with Gasteiger partial charge in [-0.05, 0) is 32.1 Å². The van der Waals surface area contributed by atoms with E-state index in [2.05, 4.69) is 10.6 Å². The zero-order valence-corrected chi connectivity index (χ0v) is 11.9. The minimum Gasteiger partial charge on any atom is -0.394 e. The van der Waals surface area contributed by atoms with Crippen LogP contribution in [-0.2, 0) is 14.3 Å². The molecule has 1 aliphatic carbocycles. The molecule has 2 fully saturated rings. The predicted octanol–water partition coefficient (Wildman–Crippen LogP) is -0.0527. The average Bonchev–Trinajstić information content (AvgIpc) is 3.24. The second kappa shape index (κ2) is 7.04. The molecular formula is C14H24N2O4. The third-order valence-electron chi connectivity index (χ3n) is 3.90. The predicted molar refractivity (Wildman–Crippen MR) is 72.9 cm³/mol. The standard InChI is InChI=1S/C14H24N2O4/c1-9(18)16-12-5-4-11(20-13(12)8-17)6-7-15-14(19)10-2-3-10/h10-13,17H,2-8H2,1H3,(H,15,19)(H,16,18)/t11-,12+,13+/m0/s1. The van der Waals surface area contributed by atoms with Crippen molar-refractivity contribution in [3.05, 3.63) is 0 Å². The number of nitrogens with one attached hydrogen (secondary N) is 2. The van der Waals surface area contributed by atoms with Crippen LogP contribution >= 0.6 is 0 Å². The molecular weight excluding hydrogens is 260 g/mol. The highest BCUT2D eigenvalue weighted by atomic mass is 16.5. The largest absolute Gasteiger partial charge is 0.394 e. The molecule has 3 atom stereocenters. The van der Waals surface area contributed by atoms with Crippen molar-refractivity contribution in [2.75, 3.05) is 13.2 Å². The topological polar surface area (TPSA) is 87.7 Å². The molecule has 0 aromatic rings. The number of carbonyl (C=O) groups is 2. The summed E-state index contributed by atoms with van der Waals surface area (Å²) in [4.78, 5) is 22.6. The number of rotatable bonds is 6. The van der Waals surface area contributed by atoms with Crippen LogP contribution < -0.4 is 10.6 Å². The molecule has 2 aliphatic rings. The summed E-state index contributed by atoms with van der Waals surface area (Å²) >= 11 is 0. The lowest BCUT2D eigenvalue weighted by Crippen LogP contribution is -2.50. The fourth-order valence-corrected chi connectivity index (χ4v) is 2.62. The van der Waals surface area contributed by atoms with Gasteiger partial charge in [0.05, 0.1) is 18.8 Å². The van der Waals surface area contributed by atoms with E-state index in [0.29, 0.717) is 6.54 Å². The van der Waals surface area contributed by atoms with E-state index in [4.69, 9.17) is 4.74 Å². The second-order valence-electron chi connectivity index (χ2n) is 5.72. The Kier molecular flexibility index (Phi) is 5.37. The Labute approximate surface area is 119 Å². The molecule has 0 unspecified atom stereocenters. The summed E-state index contributed by atoms with van der Waals surface area (Å²) in [5.74, 6) is 0.277. The van der Waals surface area contributed by atoms with Crippen molar-refractivity contribution in [1.82, 2.24) is 10.6 Å². The van der Waals surface area contributed by atoms with Gasteiger partial charge in [0.25, 0.3) is 0 Å². The summed E-state index contributed by atoms with van der Waals surface area (Å²) in [6.07, 6.45) is 4.09. The lowest BCUT2D eigenvalue weighted by molar-refractivity contribution is -0.127. The molecule has 2 rings (SSSR count). The first-order valence-electron chi connectivity index (χ1n) is 7.41. The highest BCUT2D eigenvalue weighted by Gasteiger charge is 2.32. The fraction of sp³-hybridized carbons (Fsp3) is 0.857. The Bertz CT molecular complexity index is 357. The normalized spacial score (nSPS) is 29.8. The highest BCUT2D eigenvalue weighted by molar-refractivity contribution is 5.80. The van der Waals surface area contributed by atoms with Gasteiger partial charge in [-0.15, -0.1) is 0 Å². The Morgan fingerprint density at radius 2 is 2.00 bits per heavy atom. The molecule has 3 N–H and O–H groups in total. The van der Waals surface area contributed by atoms with Gasteiger partial charge in [0.2, 0.25) is 11.8 Å². The molecule has 1 saturated heterocycles. The van der Waals surface area contributed by atoms with Crippen molar-refractivity contribution in [3.8, 4) is 0 Å². The molecule has 1 aliphatic heterocycles. The highest BCUT2D eigenvalue weighted by Crippen LogP contribution is 2.28. The summed E-state index contributed by atoms with van der Waals surface area (Å²) in [6.45, 7) is 1.98. The summed E-state index contributed by atoms with van der Waals surface area (Å²) in [5, 5.41) is 15.1. The molecule has 0 spiro atoms. The van der Waals surface area contributed by atoms with Gasteiger partial charge in [-0.2, -0.15) is 0 Å². The number of aliphatic hydroxyl groups is 1. The van der Waals surface area contributed by atoms with Crippen LogP contribution in [-0.4, -0.2) is 48.3 Å². The van der Waals surface area contributed by atoms with Gasteiger partial charge in [0, 0.05) is 19.4 Å². The Hall–Kier alpha value is -1.14. The molecule has 20 heavy (non-hydrogen) atoms. The number of ether oxygens (including phenoxy) is 1. The fourth-order valence-electron chi connectivity index (χ4n) is 2.62. The van der Waals surface area contributed by atoms with Crippen molar-refractivity contribution in [2.45, 2.75) is 57.3 Å². The van der Waals surface area contributed by atoms with Crippen molar-refractivity contribution in [3.63, 3.8) is 0 Å². The van der Waals surface area contributed by atoms with Gasteiger partial charge >= 0.3 is 0 Å². The zero-order valence-electron chi connectivity index (χ0n) is 11.9. The number of hydrogen-bond acceptors (Lipinski definition) is 4. The van der Waals surface area contributed by atoms with Crippen LogP contribution in [0, 0.1) is 5.92 Å². The van der Waals surface area contributed by atoms with Crippen LogP contribution in [0.2, 0.25) is 0 Å². The first kappa shape index (κ1) is 15.3. The van der Waals surface area contributed by atoms with Crippen LogP contribution in [0.5, 0.6) is 0 Å². The molecule has 6 nitrogen and oxygen atoms in total. The van der Waals surface area contributed by atoms with Crippen molar-refractivity contribution in [1.29, 1.82) is 0 Å². The SMILES string of the molecule is CC(=O)N[C@@H]1CC[C@@H](CCNC(=O)C2CC2)O[C@@H]1CO. The van der Waals surface area contributed by atoms with E-state index in [0.717, 1.165) is 32.1 Å². The monoisotopic (exact) mass is 284 g/mol. The van der Waals surface area contributed by atoms with E-state index in [1.165, 1.54) is 6.92 Å². The van der Waals surface area contributed by atoms with Crippen molar-refractivity contribution < 1.29 is 19.4 Å². The van der Waals surface area contributed by atoms with Gasteiger partial charge in [-0.25, -0.2) is 0 Å². The van der Waals surface area contributed by atoms with Crippen LogP contribution in [0.3, 0.4) is 0 Å². The van der Waals surface area contributed by atoms with Gasteiger partial charge in [0.15, 0.2) is 0 Å². The lowest BCUT2D eigenvalue weighted by atomic mass is 9.97. The lowest BCUT2D eigenvalue weighted by Gasteiger charge is -2.36. The van der Waals surface area contributed by atoms with E-state index < -0.39 is 0 Å². The van der Waals surface area contributed by atoms with Crippen molar-refractivity contribution in [2.24, 2.45) is 5.92 Å². The quantitative estimate of drug-likeness (QED) is 0.638. The molecule has 1 saturated carbocycles. The third-order valence-corrected chi connectivity index (χ3v) is 3.90. The smallest absolute Gasteiger partial charge is 0.223 e. The summed E-state index contributed by atoms with van der Waals surface area (Å²) in [7, 11) is 0. The van der Waals surface area contributed by atoms with E-state index >= 15 is 0 Å². The van der Waals surface area contributed by atoms with Crippen LogP contribution in [0.1, 0.15) is 39.0 Å². The molecule has 0 aromatic heterocycles. The molecule has 0 radical (unpaired) electrons. The maximum Gasteiger partial charge on any atom is 0.223 e. The molecule has 114 valence electrons. The number of hydrogen-bond donors (Lipinski definition) is 3. The maximum atomic E-state index is 11.5. The van der Waals surface area contributed by atoms with Gasteiger partial charge in [-0.1, -0.05) is 0 Å². The zero-order chi connectivity index (χ0) is 14.5. The van der Waals surface area contributed by atoms with Crippen LogP contribution in [0.4, 0.5) is 0 Å². The average molecular weight is 284 g/mol. The summed E-state index contributed by atoms with van der Waals surface area (Å²) in [5.41, 5.74) is 0. The Balaban J connectivity index is 1.69. The number of aliphatic hydroxyl groups excluding tert-OH is 1. The second-order valence-corrected chi connectivity index (χ2v) is 5.72. The molecule has 1 heterocycles. The van der Waals surface area contributed by atoms with E-state index in [1.807, 2.05) is 0 Å². The third kappa shape index (κ3) is 4.45. The Morgan fingerprint density at radius 3 is 2.60 bits per heavy atom. The van der Waals surface area contributed by atoms with E-state index in [-0.39, 0.29) is 42.6 Å². The van der Waals surface area contributed by atoms with E-state index in [1.54, 1.807) is 0 Å². The summed E-state index contributed by atoms with van der Waals surface area (Å²) in [6, 6.07) is -0.116. The van der Waals surface area contributed by atoms with Gasteiger partial charge in [0.1, 0.15) is 6.10 Å². The van der Waals surface area contributed by atoms with Crippen LogP contribution in [0.25, 0.3) is 0 Å². The maximum absolute atomic E-state index is 11.5.